The lowest BCUT2D eigenvalue weighted by Gasteiger charge is -2.19. The van der Waals surface area contributed by atoms with Gasteiger partial charge in [-0.15, -0.1) is 0 Å². The number of halogens is 4. The van der Waals surface area contributed by atoms with E-state index in [0.29, 0.717) is 17.1 Å². The number of aromatic nitrogens is 3. The number of alkyl halides is 3. The van der Waals surface area contributed by atoms with Crippen LogP contribution in [0.5, 0.6) is 6.01 Å². The first kappa shape index (κ1) is 32.1. The van der Waals surface area contributed by atoms with Crippen molar-refractivity contribution in [2.24, 2.45) is 16.5 Å². The van der Waals surface area contributed by atoms with Crippen LogP contribution in [0, 0.1) is 0 Å². The topological polar surface area (TPSA) is 203 Å². The van der Waals surface area contributed by atoms with Gasteiger partial charge < -0.3 is 37.3 Å². The fourth-order valence-electron chi connectivity index (χ4n) is 4.11. The molecule has 2 aromatic carbocycles. The minimum atomic E-state index is -4.61. The fraction of sp³-hybridized carbons (Fsp3) is 0.333. The fourth-order valence-corrected chi connectivity index (χ4v) is 4.24. The summed E-state index contributed by atoms with van der Waals surface area (Å²) in [6, 6.07) is 11.3. The highest BCUT2D eigenvalue weighted by Gasteiger charge is 2.45. The van der Waals surface area contributed by atoms with Crippen molar-refractivity contribution in [3.8, 4) is 6.01 Å². The average molecular weight is 636 g/mol. The van der Waals surface area contributed by atoms with Crippen LogP contribution < -0.4 is 32.2 Å². The minimum Gasteiger partial charge on any atom is -0.480 e. The van der Waals surface area contributed by atoms with Crippen molar-refractivity contribution in [1.82, 2.24) is 20.3 Å². The van der Waals surface area contributed by atoms with E-state index in [4.69, 9.17) is 27.8 Å². The second kappa shape index (κ2) is 13.6. The van der Waals surface area contributed by atoms with Gasteiger partial charge in [-0.3, -0.25) is 9.79 Å². The van der Waals surface area contributed by atoms with Crippen molar-refractivity contribution < 1.29 is 32.6 Å². The third kappa shape index (κ3) is 9.32. The van der Waals surface area contributed by atoms with E-state index in [2.05, 4.69) is 35.9 Å². The maximum atomic E-state index is 12.8. The number of guanidine groups is 1. The largest absolute Gasteiger partial charge is 0.480 e. The van der Waals surface area contributed by atoms with E-state index < -0.39 is 42.3 Å². The third-order valence-corrected chi connectivity index (χ3v) is 6.68. The number of benzene rings is 2. The summed E-state index contributed by atoms with van der Waals surface area (Å²) in [6.07, 6.45) is -2.73. The highest BCUT2D eigenvalue weighted by Crippen LogP contribution is 2.48. The number of carbonyl (C=O) groups is 2. The number of nitrogens with one attached hydrogen (secondary N) is 3. The van der Waals surface area contributed by atoms with E-state index in [1.807, 2.05) is 12.1 Å². The van der Waals surface area contributed by atoms with Crippen LogP contribution in [0.4, 0.5) is 30.8 Å². The number of carboxylic acids is 1. The summed E-state index contributed by atoms with van der Waals surface area (Å²) in [4.78, 5) is 40.3. The van der Waals surface area contributed by atoms with Crippen molar-refractivity contribution in [1.29, 1.82) is 0 Å². The van der Waals surface area contributed by atoms with Crippen molar-refractivity contribution in [3.63, 3.8) is 0 Å². The predicted octanol–water partition coefficient (Wildman–Crippen LogP) is 3.55. The van der Waals surface area contributed by atoms with Crippen molar-refractivity contribution >= 4 is 47.0 Å². The Kier molecular flexibility index (Phi) is 9.93. The van der Waals surface area contributed by atoms with Crippen LogP contribution in [-0.2, 0) is 10.3 Å². The summed E-state index contributed by atoms with van der Waals surface area (Å²) in [6.45, 7) is -1.39. The number of nitrogens with zero attached hydrogens (tertiary/aromatic N) is 4. The Labute approximate surface area is 254 Å². The molecule has 1 amide bonds. The summed E-state index contributed by atoms with van der Waals surface area (Å²) in [5.74, 6) is -2.09. The van der Waals surface area contributed by atoms with Gasteiger partial charge in [-0.1, -0.05) is 23.7 Å². The van der Waals surface area contributed by atoms with Crippen molar-refractivity contribution in [2.45, 2.75) is 43.4 Å². The average Bonchev–Trinajstić information content (AvgIpc) is 3.73. The molecule has 44 heavy (non-hydrogen) atoms. The molecule has 0 bridgehead atoms. The molecular formula is C27H29ClF3N9O4. The van der Waals surface area contributed by atoms with Crippen LogP contribution in [0.3, 0.4) is 0 Å². The predicted molar refractivity (Wildman–Crippen MR) is 156 cm³/mol. The molecule has 1 atom stereocenters. The number of rotatable bonds is 14. The van der Waals surface area contributed by atoms with Crippen LogP contribution >= 0.6 is 11.6 Å². The molecule has 0 aliphatic heterocycles. The van der Waals surface area contributed by atoms with Gasteiger partial charge in [-0.25, -0.2) is 4.79 Å². The van der Waals surface area contributed by atoms with Crippen molar-refractivity contribution in [2.75, 3.05) is 23.8 Å². The molecule has 234 valence electrons. The summed E-state index contributed by atoms with van der Waals surface area (Å²) >= 11 is 6.00. The lowest BCUT2D eigenvalue weighted by Crippen LogP contribution is -2.40. The Hall–Kier alpha value is -4.86. The number of hydrogen-bond acceptors (Lipinski definition) is 9. The monoisotopic (exact) mass is 635 g/mol. The molecule has 4 rings (SSSR count). The van der Waals surface area contributed by atoms with Crippen LogP contribution in [0.25, 0.3) is 0 Å². The third-order valence-electron chi connectivity index (χ3n) is 6.43. The first-order chi connectivity index (χ1) is 20.8. The summed E-state index contributed by atoms with van der Waals surface area (Å²) in [7, 11) is 0. The minimum absolute atomic E-state index is 0.0114. The highest BCUT2D eigenvalue weighted by atomic mass is 35.5. The van der Waals surface area contributed by atoms with E-state index in [1.54, 1.807) is 12.1 Å². The lowest BCUT2D eigenvalue weighted by molar-refractivity contribution is -0.154. The number of aliphatic carboxylic acids is 1. The molecule has 0 saturated heterocycles. The molecule has 13 nitrogen and oxygen atoms in total. The van der Waals surface area contributed by atoms with Gasteiger partial charge in [0.2, 0.25) is 11.9 Å². The molecule has 0 spiro atoms. The summed E-state index contributed by atoms with van der Waals surface area (Å²) in [5, 5.41) is 18.5. The second-order valence-corrected chi connectivity index (χ2v) is 10.3. The van der Waals surface area contributed by atoms with Crippen LogP contribution in [-0.4, -0.2) is 63.3 Å². The van der Waals surface area contributed by atoms with Crippen molar-refractivity contribution in [3.05, 3.63) is 64.7 Å². The Bertz CT molecular complexity index is 1500. The maximum Gasteiger partial charge on any atom is 0.422 e. The molecule has 1 saturated carbocycles. The molecular weight excluding hydrogens is 607 g/mol. The number of carbonyl (C=O) groups excluding carboxylic acids is 1. The number of ether oxygens (including phenoxy) is 1. The number of hydrogen-bond donors (Lipinski definition) is 6. The highest BCUT2D eigenvalue weighted by molar-refractivity contribution is 6.30. The van der Waals surface area contributed by atoms with Gasteiger partial charge in [0, 0.05) is 22.8 Å². The maximum absolute atomic E-state index is 12.8. The molecule has 1 aliphatic carbocycles. The Morgan fingerprint density at radius 3 is 2.30 bits per heavy atom. The standard InChI is InChI=1S/C27H29ClF3N9O4/c28-17-7-5-16(6-8-17)26(11-12-26)40-24-37-23(38-25(39-24)44-14-27(29,30)31)35-18-9-3-15(4-10-18)20(41)36-19(21(42)43)2-1-13-34-22(32)33/h3-10,19H,1-2,11-14H2,(H,36,41)(H,42,43)(H4,32,33,34)(H2,35,37,38,39,40). The molecule has 0 radical (unpaired) electrons. The molecule has 17 heteroatoms. The SMILES string of the molecule is NC(N)=NCCCC(NC(=O)c1ccc(Nc2nc(NC3(c4ccc(Cl)cc4)CC3)nc(OCC(F)(F)F)n2)cc1)C(=O)O. The summed E-state index contributed by atoms with van der Waals surface area (Å²) < 4.78 is 43.3. The zero-order valence-corrected chi connectivity index (χ0v) is 23.8. The van der Waals surface area contributed by atoms with Gasteiger partial charge in [-0.05, 0) is 67.6 Å². The van der Waals surface area contributed by atoms with Gasteiger partial charge in [0.1, 0.15) is 6.04 Å². The first-order valence-corrected chi connectivity index (χ1v) is 13.7. The number of anilines is 3. The summed E-state index contributed by atoms with van der Waals surface area (Å²) in [5.41, 5.74) is 11.4. The Morgan fingerprint density at radius 1 is 1.05 bits per heavy atom. The lowest BCUT2D eigenvalue weighted by atomic mass is 10.1. The molecule has 1 heterocycles. The van der Waals surface area contributed by atoms with E-state index in [-0.39, 0.29) is 36.4 Å². The van der Waals surface area contributed by atoms with Gasteiger partial charge >= 0.3 is 18.2 Å². The van der Waals surface area contributed by atoms with E-state index in [0.717, 1.165) is 18.4 Å². The van der Waals surface area contributed by atoms with E-state index in [1.165, 1.54) is 24.3 Å². The van der Waals surface area contributed by atoms with Gasteiger partial charge in [-0.2, -0.15) is 28.1 Å². The smallest absolute Gasteiger partial charge is 0.422 e. The van der Waals surface area contributed by atoms with Gasteiger partial charge in [0.15, 0.2) is 12.6 Å². The van der Waals surface area contributed by atoms with E-state index >= 15 is 0 Å². The molecule has 1 fully saturated rings. The Balaban J connectivity index is 1.47. The van der Waals surface area contributed by atoms with Crippen LogP contribution in [0.2, 0.25) is 5.02 Å². The zero-order valence-electron chi connectivity index (χ0n) is 23.1. The van der Waals surface area contributed by atoms with Crippen LogP contribution in [0.1, 0.15) is 41.6 Å². The van der Waals surface area contributed by atoms with Gasteiger partial charge in [0.05, 0.1) is 5.54 Å². The molecule has 1 aliphatic rings. The first-order valence-electron chi connectivity index (χ1n) is 13.3. The van der Waals surface area contributed by atoms with E-state index in [9.17, 15) is 27.9 Å². The quantitative estimate of drug-likeness (QED) is 0.0859. The number of nitrogens with two attached hydrogens (primary N) is 2. The van der Waals surface area contributed by atoms with Gasteiger partial charge in [0.25, 0.3) is 5.91 Å². The molecule has 1 unspecified atom stereocenters. The zero-order chi connectivity index (χ0) is 31.9. The molecule has 1 aromatic heterocycles. The van der Waals surface area contributed by atoms with Crippen LogP contribution in [0.15, 0.2) is 53.5 Å². The number of aliphatic imine (C=N–C) groups is 1. The molecule has 8 N–H and O–H groups in total. The number of amides is 1. The second-order valence-electron chi connectivity index (χ2n) is 9.90. The normalized spacial score (nSPS) is 14.2. The Morgan fingerprint density at radius 2 is 1.70 bits per heavy atom. The molecule has 3 aromatic rings. The number of carboxylic acid groups (broad SMARTS) is 1.